The molecular weight excluding hydrogens is 370 g/mol. The molecule has 2 saturated heterocycles. The first-order chi connectivity index (χ1) is 13.7. The Labute approximate surface area is 171 Å². The zero-order valence-corrected chi connectivity index (χ0v) is 16.8. The Balaban J connectivity index is 1.50. The lowest BCUT2D eigenvalue weighted by molar-refractivity contribution is 0.0708. The van der Waals surface area contributed by atoms with Crippen LogP contribution in [0.4, 0.5) is 0 Å². The predicted molar refractivity (Wildman–Crippen MR) is 114 cm³/mol. The number of carbonyl (C=O) groups is 1. The molecule has 3 heterocycles. The zero-order valence-electron chi connectivity index (χ0n) is 16.1. The molecule has 1 aromatic heterocycles. The van der Waals surface area contributed by atoms with E-state index in [1.54, 1.807) is 6.07 Å². The van der Waals surface area contributed by atoms with E-state index in [0.29, 0.717) is 22.5 Å². The van der Waals surface area contributed by atoms with Gasteiger partial charge in [-0.05, 0) is 62.5 Å². The fraction of sp³-hybridized carbons (Fsp3) is 0.391. The topological polar surface area (TPSA) is 36.4 Å². The van der Waals surface area contributed by atoms with Crippen molar-refractivity contribution in [3.8, 4) is 0 Å². The van der Waals surface area contributed by atoms with E-state index in [1.807, 2.05) is 53.5 Å². The van der Waals surface area contributed by atoms with Crippen LogP contribution in [0.5, 0.6) is 0 Å². The molecule has 2 aliphatic rings. The molecule has 2 aromatic rings. The van der Waals surface area contributed by atoms with Crippen molar-refractivity contribution in [2.24, 2.45) is 0 Å². The van der Waals surface area contributed by atoms with Gasteiger partial charge in [-0.3, -0.25) is 4.79 Å². The second-order valence-corrected chi connectivity index (χ2v) is 8.04. The number of rotatable bonds is 5. The molecule has 146 valence electrons. The van der Waals surface area contributed by atoms with Gasteiger partial charge in [-0.1, -0.05) is 48.0 Å². The summed E-state index contributed by atoms with van der Waals surface area (Å²) in [5.41, 5.74) is 2.42. The molecule has 4 rings (SSSR count). The maximum Gasteiger partial charge on any atom is 0.254 e. The molecule has 5 heteroatoms. The number of amides is 1. The van der Waals surface area contributed by atoms with Gasteiger partial charge in [0.2, 0.25) is 0 Å². The van der Waals surface area contributed by atoms with Gasteiger partial charge in [0.25, 0.3) is 5.91 Å². The summed E-state index contributed by atoms with van der Waals surface area (Å²) in [5, 5.41) is 0.355. The molecule has 4 nitrogen and oxygen atoms in total. The van der Waals surface area contributed by atoms with Crippen LogP contribution in [0.2, 0.25) is 5.15 Å². The van der Waals surface area contributed by atoms with E-state index in [9.17, 15) is 4.79 Å². The molecule has 2 fully saturated rings. The molecule has 0 bridgehead atoms. The van der Waals surface area contributed by atoms with Crippen LogP contribution in [0.3, 0.4) is 0 Å². The second kappa shape index (κ2) is 8.89. The minimum Gasteiger partial charge on any atom is -0.334 e. The van der Waals surface area contributed by atoms with E-state index in [2.05, 4.69) is 9.88 Å². The van der Waals surface area contributed by atoms with Gasteiger partial charge >= 0.3 is 0 Å². The number of pyridine rings is 1. The molecule has 1 aromatic carbocycles. The third-order valence-electron chi connectivity index (χ3n) is 5.61. The van der Waals surface area contributed by atoms with Gasteiger partial charge in [-0.15, -0.1) is 0 Å². The number of nitrogens with zero attached hydrogens (tertiary/aromatic N) is 3. The molecule has 0 radical (unpaired) electrons. The summed E-state index contributed by atoms with van der Waals surface area (Å²) in [5.74, 6) is 0.0698. The number of halogens is 1. The van der Waals surface area contributed by atoms with Crippen molar-refractivity contribution in [3.63, 3.8) is 0 Å². The Hall–Kier alpha value is -2.17. The summed E-state index contributed by atoms with van der Waals surface area (Å²) in [6.07, 6.45) is 8.60. The number of benzene rings is 1. The van der Waals surface area contributed by atoms with E-state index >= 15 is 0 Å². The van der Waals surface area contributed by atoms with Crippen molar-refractivity contribution in [1.29, 1.82) is 0 Å². The first kappa shape index (κ1) is 19.2. The first-order valence-corrected chi connectivity index (χ1v) is 10.5. The Bertz CT molecular complexity index is 846. The molecule has 1 atom stereocenters. The van der Waals surface area contributed by atoms with Gasteiger partial charge in [0, 0.05) is 24.7 Å². The summed E-state index contributed by atoms with van der Waals surface area (Å²) in [7, 11) is 0. The number of hydrogen-bond acceptors (Lipinski definition) is 3. The molecular formula is C23H26ClN3O. The third-order valence-corrected chi connectivity index (χ3v) is 5.81. The van der Waals surface area contributed by atoms with Gasteiger partial charge in [-0.2, -0.15) is 0 Å². The van der Waals surface area contributed by atoms with Gasteiger partial charge in [0.1, 0.15) is 5.15 Å². The van der Waals surface area contributed by atoms with Crippen LogP contribution in [0.25, 0.3) is 12.2 Å². The molecule has 0 spiro atoms. The van der Waals surface area contributed by atoms with Gasteiger partial charge in [0.05, 0.1) is 5.69 Å². The summed E-state index contributed by atoms with van der Waals surface area (Å²) in [4.78, 5) is 22.1. The number of hydrogen-bond donors (Lipinski definition) is 0. The number of likely N-dealkylation sites (tertiary alicyclic amines) is 2. The summed E-state index contributed by atoms with van der Waals surface area (Å²) in [6.45, 7) is 4.14. The smallest absolute Gasteiger partial charge is 0.254 e. The van der Waals surface area contributed by atoms with Crippen molar-refractivity contribution in [2.75, 3.05) is 26.2 Å². The van der Waals surface area contributed by atoms with E-state index in [4.69, 9.17) is 11.6 Å². The molecule has 0 saturated carbocycles. The van der Waals surface area contributed by atoms with Gasteiger partial charge in [0.15, 0.2) is 0 Å². The number of aromatic nitrogens is 1. The minimum atomic E-state index is 0.0698. The molecule has 0 N–H and O–H groups in total. The van der Waals surface area contributed by atoms with Crippen molar-refractivity contribution in [1.82, 2.24) is 14.8 Å². The Morgan fingerprint density at radius 1 is 1.07 bits per heavy atom. The van der Waals surface area contributed by atoms with E-state index in [0.717, 1.165) is 44.6 Å². The van der Waals surface area contributed by atoms with Gasteiger partial charge in [-0.25, -0.2) is 4.98 Å². The SMILES string of the molecule is O=C(c1cc(Cl)nc(C=Cc2ccccc2)c1)N1CCC[C@H]1CN1CCCC1. The highest BCUT2D eigenvalue weighted by molar-refractivity contribution is 6.29. The first-order valence-electron chi connectivity index (χ1n) is 10.1. The van der Waals surface area contributed by atoms with Gasteiger partial charge < -0.3 is 9.80 Å². The quantitative estimate of drug-likeness (QED) is 0.694. The normalized spacial score (nSPS) is 20.3. The van der Waals surface area contributed by atoms with Crippen LogP contribution in [0.15, 0.2) is 42.5 Å². The van der Waals surface area contributed by atoms with E-state index < -0.39 is 0 Å². The van der Waals surface area contributed by atoms with Crippen LogP contribution in [0, 0.1) is 0 Å². The average molecular weight is 396 g/mol. The standard InChI is InChI=1S/C23H26ClN3O/c24-22-16-19(15-20(25-22)11-10-18-7-2-1-3-8-18)23(28)27-14-6-9-21(27)17-26-12-4-5-13-26/h1-3,7-8,10-11,15-16,21H,4-6,9,12-14,17H2/t21-/m0/s1. The average Bonchev–Trinajstić information content (AvgIpc) is 3.39. The summed E-state index contributed by atoms with van der Waals surface area (Å²) in [6, 6.07) is 13.9. The Kier molecular flexibility index (Phi) is 6.08. The van der Waals surface area contributed by atoms with E-state index in [1.165, 1.54) is 12.8 Å². The van der Waals surface area contributed by atoms with Crippen LogP contribution in [-0.4, -0.2) is 52.9 Å². The zero-order chi connectivity index (χ0) is 19.3. The number of carbonyl (C=O) groups excluding carboxylic acids is 1. The highest BCUT2D eigenvalue weighted by Crippen LogP contribution is 2.24. The van der Waals surface area contributed by atoms with Crippen LogP contribution in [-0.2, 0) is 0 Å². The summed E-state index contributed by atoms with van der Waals surface area (Å²) < 4.78 is 0. The molecule has 1 amide bonds. The fourth-order valence-corrected chi connectivity index (χ4v) is 4.41. The van der Waals surface area contributed by atoms with Crippen molar-refractivity contribution in [3.05, 3.63) is 64.4 Å². The fourth-order valence-electron chi connectivity index (χ4n) is 4.19. The molecule has 28 heavy (non-hydrogen) atoms. The highest BCUT2D eigenvalue weighted by Gasteiger charge is 2.31. The Morgan fingerprint density at radius 3 is 2.64 bits per heavy atom. The maximum atomic E-state index is 13.2. The lowest BCUT2D eigenvalue weighted by atomic mass is 10.1. The second-order valence-electron chi connectivity index (χ2n) is 7.65. The lowest BCUT2D eigenvalue weighted by Gasteiger charge is -2.28. The molecule has 2 aliphatic heterocycles. The third kappa shape index (κ3) is 4.62. The monoisotopic (exact) mass is 395 g/mol. The summed E-state index contributed by atoms with van der Waals surface area (Å²) >= 11 is 6.23. The Morgan fingerprint density at radius 2 is 1.86 bits per heavy atom. The maximum absolute atomic E-state index is 13.2. The molecule has 0 aliphatic carbocycles. The predicted octanol–water partition coefficient (Wildman–Crippen LogP) is 4.61. The van der Waals surface area contributed by atoms with Crippen molar-refractivity contribution < 1.29 is 4.79 Å². The van der Waals surface area contributed by atoms with Crippen molar-refractivity contribution in [2.45, 2.75) is 31.7 Å². The lowest BCUT2D eigenvalue weighted by Crippen LogP contribution is -2.42. The van der Waals surface area contributed by atoms with Crippen molar-refractivity contribution >= 4 is 29.7 Å². The highest BCUT2D eigenvalue weighted by atomic mass is 35.5. The largest absolute Gasteiger partial charge is 0.334 e. The minimum absolute atomic E-state index is 0.0698. The molecule has 0 unspecified atom stereocenters. The van der Waals surface area contributed by atoms with E-state index in [-0.39, 0.29) is 5.91 Å². The van der Waals surface area contributed by atoms with Crippen LogP contribution in [0.1, 0.15) is 47.3 Å². The van der Waals surface area contributed by atoms with Crippen LogP contribution >= 0.6 is 11.6 Å². The van der Waals surface area contributed by atoms with Crippen LogP contribution < -0.4 is 0 Å².